The molecule has 2 amide bonds. The van der Waals surface area contributed by atoms with Crippen LogP contribution in [-0.2, 0) is 0 Å². The van der Waals surface area contributed by atoms with E-state index in [2.05, 4.69) is 39.8 Å². The predicted octanol–water partition coefficient (Wildman–Crippen LogP) is 2.36. The van der Waals surface area contributed by atoms with Crippen molar-refractivity contribution < 1.29 is 9.90 Å². The van der Waals surface area contributed by atoms with E-state index in [9.17, 15) is 4.79 Å². The molecular weight excluding hydrogens is 290 g/mol. The number of nitrogens with one attached hydrogen (secondary N) is 2. The van der Waals surface area contributed by atoms with Gasteiger partial charge in [-0.05, 0) is 44.2 Å². The Morgan fingerprint density at radius 1 is 1.39 bits per heavy atom. The summed E-state index contributed by atoms with van der Waals surface area (Å²) < 4.78 is 0. The van der Waals surface area contributed by atoms with E-state index in [0.29, 0.717) is 18.9 Å². The highest BCUT2D eigenvalue weighted by molar-refractivity contribution is 5.74. The second-order valence-corrected chi connectivity index (χ2v) is 6.66. The summed E-state index contributed by atoms with van der Waals surface area (Å²) in [5, 5.41) is 15.1. The number of hydrogen-bond acceptors (Lipinski definition) is 3. The van der Waals surface area contributed by atoms with Crippen LogP contribution in [0, 0.1) is 5.92 Å². The Kier molecular flexibility index (Phi) is 6.28. The van der Waals surface area contributed by atoms with E-state index >= 15 is 0 Å². The number of para-hydroxylation sites is 1. The molecule has 5 nitrogen and oxygen atoms in total. The largest absolute Gasteiger partial charge is 0.396 e. The molecular formula is C18H29N3O2. The van der Waals surface area contributed by atoms with Crippen molar-refractivity contribution in [2.45, 2.75) is 38.6 Å². The average molecular weight is 319 g/mol. The highest BCUT2D eigenvalue weighted by Gasteiger charge is 2.26. The highest BCUT2D eigenvalue weighted by Crippen LogP contribution is 2.23. The van der Waals surface area contributed by atoms with E-state index in [1.165, 1.54) is 5.69 Å². The van der Waals surface area contributed by atoms with E-state index in [4.69, 9.17) is 5.11 Å². The number of carbonyl (C=O) groups is 1. The number of aliphatic hydroxyl groups is 1. The monoisotopic (exact) mass is 319 g/mol. The maximum absolute atomic E-state index is 12.1. The van der Waals surface area contributed by atoms with E-state index < -0.39 is 0 Å². The Labute approximate surface area is 139 Å². The summed E-state index contributed by atoms with van der Waals surface area (Å²) in [5.41, 5.74) is 0.908. The molecule has 1 heterocycles. The number of anilines is 1. The molecule has 1 aromatic rings. The van der Waals surface area contributed by atoms with Crippen molar-refractivity contribution in [3.63, 3.8) is 0 Å². The molecule has 1 saturated heterocycles. The summed E-state index contributed by atoms with van der Waals surface area (Å²) in [5.74, 6) is 0.478. The van der Waals surface area contributed by atoms with Crippen LogP contribution < -0.4 is 15.5 Å². The zero-order valence-electron chi connectivity index (χ0n) is 14.2. The first-order chi connectivity index (χ1) is 11.1. The Morgan fingerprint density at radius 2 is 2.13 bits per heavy atom. The van der Waals surface area contributed by atoms with Crippen molar-refractivity contribution in [1.82, 2.24) is 10.6 Å². The molecule has 23 heavy (non-hydrogen) atoms. The molecule has 2 atom stereocenters. The molecule has 0 aromatic heterocycles. The Bertz CT molecular complexity index is 494. The van der Waals surface area contributed by atoms with Crippen molar-refractivity contribution in [2.75, 3.05) is 31.1 Å². The molecule has 3 N–H and O–H groups in total. The van der Waals surface area contributed by atoms with Gasteiger partial charge in [0.25, 0.3) is 0 Å². The van der Waals surface area contributed by atoms with Crippen molar-refractivity contribution >= 4 is 11.7 Å². The standard InChI is InChI=1S/C18H29N3O2/c1-3-18(2,10-12-22)20-17(23)19-13-15-9-11-21(14-15)16-7-5-4-6-8-16/h4-8,15,22H,3,9-14H2,1-2H3,(H2,19,20,23). The van der Waals surface area contributed by atoms with Crippen LogP contribution in [0.1, 0.15) is 33.1 Å². The summed E-state index contributed by atoms with van der Waals surface area (Å²) in [7, 11) is 0. The first-order valence-corrected chi connectivity index (χ1v) is 8.53. The maximum atomic E-state index is 12.1. The third-order valence-electron chi connectivity index (χ3n) is 4.82. The first-order valence-electron chi connectivity index (χ1n) is 8.53. The zero-order valence-corrected chi connectivity index (χ0v) is 14.2. The Morgan fingerprint density at radius 3 is 2.78 bits per heavy atom. The van der Waals surface area contributed by atoms with E-state index in [1.807, 2.05) is 19.9 Å². The number of nitrogens with zero attached hydrogens (tertiary/aromatic N) is 1. The van der Waals surface area contributed by atoms with Crippen LogP contribution in [0.25, 0.3) is 0 Å². The van der Waals surface area contributed by atoms with Crippen molar-refractivity contribution in [3.05, 3.63) is 30.3 Å². The lowest BCUT2D eigenvalue weighted by molar-refractivity contribution is 0.200. The van der Waals surface area contributed by atoms with Gasteiger partial charge in [-0.25, -0.2) is 4.79 Å². The SMILES string of the molecule is CCC(C)(CCO)NC(=O)NCC1CCN(c2ccccc2)C1. The lowest BCUT2D eigenvalue weighted by Crippen LogP contribution is -2.51. The summed E-state index contributed by atoms with van der Waals surface area (Å²) >= 11 is 0. The second-order valence-electron chi connectivity index (χ2n) is 6.66. The minimum Gasteiger partial charge on any atom is -0.396 e. The molecule has 2 rings (SSSR count). The predicted molar refractivity (Wildman–Crippen MR) is 93.7 cm³/mol. The van der Waals surface area contributed by atoms with Crippen LogP contribution in [0.3, 0.4) is 0 Å². The molecule has 1 aliphatic rings. The summed E-state index contributed by atoms with van der Waals surface area (Å²) in [6.45, 7) is 6.77. The third-order valence-corrected chi connectivity index (χ3v) is 4.82. The van der Waals surface area contributed by atoms with Gasteiger partial charge >= 0.3 is 6.03 Å². The molecule has 128 valence electrons. The number of carbonyl (C=O) groups excluding carboxylic acids is 1. The molecule has 2 unspecified atom stereocenters. The summed E-state index contributed by atoms with van der Waals surface area (Å²) in [4.78, 5) is 14.5. The molecule has 1 aliphatic heterocycles. The van der Waals surface area contributed by atoms with Crippen LogP contribution in [0.4, 0.5) is 10.5 Å². The van der Waals surface area contributed by atoms with Gasteiger partial charge in [0.05, 0.1) is 0 Å². The molecule has 0 spiro atoms. The number of amides is 2. The third kappa shape index (κ3) is 5.13. The van der Waals surface area contributed by atoms with Gasteiger partial charge in [-0.15, -0.1) is 0 Å². The smallest absolute Gasteiger partial charge is 0.315 e. The minimum atomic E-state index is -0.343. The Hall–Kier alpha value is -1.75. The highest BCUT2D eigenvalue weighted by atomic mass is 16.3. The number of urea groups is 1. The Balaban J connectivity index is 1.75. The van der Waals surface area contributed by atoms with Crippen molar-refractivity contribution in [3.8, 4) is 0 Å². The minimum absolute atomic E-state index is 0.0826. The van der Waals surface area contributed by atoms with Gasteiger partial charge in [0, 0.05) is 37.5 Å². The summed E-state index contributed by atoms with van der Waals surface area (Å²) in [6, 6.07) is 10.3. The van der Waals surface area contributed by atoms with E-state index in [-0.39, 0.29) is 18.2 Å². The molecule has 5 heteroatoms. The normalized spacial score (nSPS) is 20.1. The summed E-state index contributed by atoms with van der Waals surface area (Å²) in [6.07, 6.45) is 2.46. The fraction of sp³-hybridized carbons (Fsp3) is 0.611. The fourth-order valence-corrected chi connectivity index (χ4v) is 3.00. The van der Waals surface area contributed by atoms with Gasteiger partial charge in [0.2, 0.25) is 0 Å². The second kappa shape index (κ2) is 8.20. The van der Waals surface area contributed by atoms with Gasteiger partial charge in [-0.3, -0.25) is 0 Å². The molecule has 1 aromatic carbocycles. The van der Waals surface area contributed by atoms with Gasteiger partial charge in [0.15, 0.2) is 0 Å². The number of rotatable bonds is 7. The van der Waals surface area contributed by atoms with Crippen molar-refractivity contribution in [2.24, 2.45) is 5.92 Å². The number of hydrogen-bond donors (Lipinski definition) is 3. The lowest BCUT2D eigenvalue weighted by atomic mass is 9.95. The van der Waals surface area contributed by atoms with Gasteiger partial charge in [0.1, 0.15) is 0 Å². The van der Waals surface area contributed by atoms with Gasteiger partial charge in [-0.2, -0.15) is 0 Å². The number of benzene rings is 1. The quantitative estimate of drug-likeness (QED) is 0.723. The van der Waals surface area contributed by atoms with Crippen LogP contribution in [0.5, 0.6) is 0 Å². The number of aliphatic hydroxyl groups excluding tert-OH is 1. The van der Waals surface area contributed by atoms with Gasteiger partial charge in [-0.1, -0.05) is 25.1 Å². The lowest BCUT2D eigenvalue weighted by Gasteiger charge is -2.29. The maximum Gasteiger partial charge on any atom is 0.315 e. The molecule has 0 aliphatic carbocycles. The first kappa shape index (κ1) is 17.6. The van der Waals surface area contributed by atoms with E-state index in [0.717, 1.165) is 25.9 Å². The molecule has 1 fully saturated rings. The molecule has 0 radical (unpaired) electrons. The van der Waals surface area contributed by atoms with Crippen LogP contribution in [-0.4, -0.2) is 42.9 Å². The topological polar surface area (TPSA) is 64.6 Å². The average Bonchev–Trinajstić information content (AvgIpc) is 3.03. The zero-order chi connectivity index (χ0) is 16.7. The van der Waals surface area contributed by atoms with Crippen molar-refractivity contribution in [1.29, 1.82) is 0 Å². The van der Waals surface area contributed by atoms with E-state index in [1.54, 1.807) is 0 Å². The van der Waals surface area contributed by atoms with Crippen LogP contribution in [0.15, 0.2) is 30.3 Å². The fourth-order valence-electron chi connectivity index (χ4n) is 3.00. The molecule has 0 saturated carbocycles. The van der Waals surface area contributed by atoms with Crippen LogP contribution in [0.2, 0.25) is 0 Å². The van der Waals surface area contributed by atoms with Crippen LogP contribution >= 0.6 is 0 Å². The molecule has 0 bridgehead atoms. The van der Waals surface area contributed by atoms with Gasteiger partial charge < -0.3 is 20.6 Å².